The van der Waals surface area contributed by atoms with Gasteiger partial charge in [-0.1, -0.05) is 13.8 Å². The fraction of sp³-hybridized carbons (Fsp3) is 0.474. The summed E-state index contributed by atoms with van der Waals surface area (Å²) in [5.74, 6) is 0.801. The van der Waals surface area contributed by atoms with Gasteiger partial charge in [0.2, 0.25) is 0 Å². The second kappa shape index (κ2) is 7.72. The summed E-state index contributed by atoms with van der Waals surface area (Å²) in [5.41, 5.74) is 1.80. The smallest absolute Gasteiger partial charge is 0.276 e. The van der Waals surface area contributed by atoms with Crippen LogP contribution >= 0.6 is 0 Å². The molecular weight excluding hydrogens is 366 g/mol. The largest absolute Gasteiger partial charge is 0.494 e. The number of rotatable bonds is 6. The number of carbonyl (C=O) groups excluding carboxylic acids is 1. The molecule has 146 valence electrons. The summed E-state index contributed by atoms with van der Waals surface area (Å²) in [5, 5.41) is 7.26. The van der Waals surface area contributed by atoms with Crippen LogP contribution in [0.25, 0.3) is 0 Å². The number of ether oxygens (including phenoxy) is 1. The highest BCUT2D eigenvalue weighted by atomic mass is 32.2. The van der Waals surface area contributed by atoms with Crippen LogP contribution in [0.15, 0.2) is 30.3 Å². The number of carbonyl (C=O) groups is 1. The quantitative estimate of drug-likeness (QED) is 0.817. The molecule has 1 fully saturated rings. The van der Waals surface area contributed by atoms with Gasteiger partial charge >= 0.3 is 0 Å². The van der Waals surface area contributed by atoms with E-state index in [1.165, 1.54) is 0 Å². The fourth-order valence-corrected chi connectivity index (χ4v) is 4.90. The molecular formula is C19H25N3O4S. The van der Waals surface area contributed by atoms with Crippen LogP contribution in [0.1, 0.15) is 55.3 Å². The Bertz CT molecular complexity index is 917. The number of benzene rings is 1. The third-order valence-corrected chi connectivity index (χ3v) is 6.32. The molecule has 1 aromatic carbocycles. The molecule has 7 nitrogen and oxygen atoms in total. The van der Waals surface area contributed by atoms with E-state index < -0.39 is 9.84 Å². The summed E-state index contributed by atoms with van der Waals surface area (Å²) >= 11 is 0. The van der Waals surface area contributed by atoms with E-state index in [1.807, 2.05) is 20.8 Å². The number of aromatic nitrogens is 2. The lowest BCUT2D eigenvalue weighted by Gasteiger charge is -2.15. The van der Waals surface area contributed by atoms with Crippen molar-refractivity contribution in [3.8, 4) is 5.75 Å². The average molecular weight is 391 g/mol. The molecule has 8 heteroatoms. The first kappa shape index (κ1) is 19.4. The zero-order valence-electron chi connectivity index (χ0n) is 15.8. The predicted molar refractivity (Wildman–Crippen MR) is 104 cm³/mol. The van der Waals surface area contributed by atoms with Crippen molar-refractivity contribution in [2.24, 2.45) is 0 Å². The van der Waals surface area contributed by atoms with E-state index in [0.29, 0.717) is 18.7 Å². The summed E-state index contributed by atoms with van der Waals surface area (Å²) in [6, 6.07) is 8.67. The van der Waals surface area contributed by atoms with E-state index in [9.17, 15) is 13.2 Å². The van der Waals surface area contributed by atoms with Gasteiger partial charge < -0.3 is 10.1 Å². The van der Waals surface area contributed by atoms with E-state index in [1.54, 1.807) is 35.0 Å². The Morgan fingerprint density at radius 3 is 2.59 bits per heavy atom. The van der Waals surface area contributed by atoms with Crippen molar-refractivity contribution in [2.45, 2.75) is 39.2 Å². The van der Waals surface area contributed by atoms with Crippen molar-refractivity contribution >= 4 is 21.4 Å². The number of sulfone groups is 1. The molecule has 0 saturated carbocycles. The summed E-state index contributed by atoms with van der Waals surface area (Å²) in [6.45, 7) is 6.50. The average Bonchev–Trinajstić information content (AvgIpc) is 3.20. The van der Waals surface area contributed by atoms with Gasteiger partial charge in [0.1, 0.15) is 5.75 Å². The van der Waals surface area contributed by atoms with Gasteiger partial charge in [-0.3, -0.25) is 9.48 Å². The first-order valence-corrected chi connectivity index (χ1v) is 11.0. The third-order valence-electron chi connectivity index (χ3n) is 4.57. The Labute approximate surface area is 159 Å². The van der Waals surface area contributed by atoms with Gasteiger partial charge in [-0.05, 0) is 49.6 Å². The molecule has 1 aliphatic rings. The van der Waals surface area contributed by atoms with Crippen molar-refractivity contribution in [1.29, 1.82) is 0 Å². The lowest BCUT2D eigenvalue weighted by atomic mass is 10.1. The predicted octanol–water partition coefficient (Wildman–Crippen LogP) is 3.02. The van der Waals surface area contributed by atoms with Gasteiger partial charge in [0, 0.05) is 11.4 Å². The maximum atomic E-state index is 12.6. The lowest BCUT2D eigenvalue weighted by Crippen LogP contribution is -2.17. The van der Waals surface area contributed by atoms with Gasteiger partial charge in [-0.15, -0.1) is 0 Å². The molecule has 2 aromatic rings. The monoisotopic (exact) mass is 391 g/mol. The van der Waals surface area contributed by atoms with Crippen LogP contribution in [-0.4, -0.2) is 42.2 Å². The van der Waals surface area contributed by atoms with Crippen molar-refractivity contribution in [2.75, 3.05) is 23.4 Å². The summed E-state index contributed by atoms with van der Waals surface area (Å²) in [7, 11) is -3.03. The van der Waals surface area contributed by atoms with Crippen LogP contribution in [0.3, 0.4) is 0 Å². The number of anilines is 1. The summed E-state index contributed by atoms with van der Waals surface area (Å²) < 4.78 is 30.8. The maximum absolute atomic E-state index is 12.6. The molecule has 2 heterocycles. The number of amides is 1. The Balaban J connectivity index is 1.79. The molecule has 1 amide bonds. The van der Waals surface area contributed by atoms with Crippen LogP contribution < -0.4 is 10.1 Å². The van der Waals surface area contributed by atoms with E-state index in [2.05, 4.69) is 10.4 Å². The molecule has 0 aliphatic carbocycles. The zero-order chi connectivity index (χ0) is 19.6. The van der Waals surface area contributed by atoms with Crippen molar-refractivity contribution in [3.05, 3.63) is 41.7 Å². The minimum absolute atomic E-state index is 0.0777. The normalized spacial score (nSPS) is 18.6. The van der Waals surface area contributed by atoms with Crippen LogP contribution in [-0.2, 0) is 9.84 Å². The molecule has 1 aliphatic heterocycles. The molecule has 27 heavy (non-hydrogen) atoms. The fourth-order valence-electron chi connectivity index (χ4n) is 3.21. The molecule has 0 unspecified atom stereocenters. The van der Waals surface area contributed by atoms with E-state index in [0.717, 1.165) is 11.4 Å². The molecule has 1 atom stereocenters. The first-order valence-electron chi connectivity index (χ1n) is 9.13. The minimum Gasteiger partial charge on any atom is -0.494 e. The Morgan fingerprint density at radius 2 is 2.04 bits per heavy atom. The molecule has 1 saturated heterocycles. The second-order valence-corrected chi connectivity index (χ2v) is 9.25. The SMILES string of the molecule is CCOc1ccc(NC(=O)c2cc(C(C)C)n([C@H]3CCS(=O)(=O)C3)n2)cc1. The first-order chi connectivity index (χ1) is 12.8. The molecule has 1 N–H and O–H groups in total. The molecule has 0 spiro atoms. The number of nitrogens with one attached hydrogen (secondary N) is 1. The number of hydrogen-bond acceptors (Lipinski definition) is 5. The highest BCUT2D eigenvalue weighted by molar-refractivity contribution is 7.91. The van der Waals surface area contributed by atoms with Gasteiger partial charge in [-0.25, -0.2) is 8.42 Å². The summed E-state index contributed by atoms with van der Waals surface area (Å²) in [4.78, 5) is 12.6. The van der Waals surface area contributed by atoms with Crippen molar-refractivity contribution < 1.29 is 17.9 Å². The van der Waals surface area contributed by atoms with Crippen LogP contribution in [0.2, 0.25) is 0 Å². The van der Waals surface area contributed by atoms with Crippen LogP contribution in [0.5, 0.6) is 5.75 Å². The van der Waals surface area contributed by atoms with Crippen LogP contribution in [0.4, 0.5) is 5.69 Å². The lowest BCUT2D eigenvalue weighted by molar-refractivity contribution is 0.102. The molecule has 3 rings (SSSR count). The van der Waals surface area contributed by atoms with Gasteiger partial charge in [-0.2, -0.15) is 5.10 Å². The topological polar surface area (TPSA) is 90.3 Å². The second-order valence-electron chi connectivity index (χ2n) is 7.02. The van der Waals surface area contributed by atoms with Gasteiger partial charge in [0.15, 0.2) is 15.5 Å². The standard InChI is InChI=1S/C19H25N3O4S/c1-4-26-16-7-5-14(6-8-16)20-19(23)17-11-18(13(2)3)22(21-17)15-9-10-27(24,25)12-15/h5-8,11,13,15H,4,9-10,12H2,1-3H3,(H,20,23)/t15-/m0/s1. The maximum Gasteiger partial charge on any atom is 0.276 e. The Hall–Kier alpha value is -2.35. The van der Waals surface area contributed by atoms with Crippen molar-refractivity contribution in [3.63, 3.8) is 0 Å². The highest BCUT2D eigenvalue weighted by Gasteiger charge is 2.32. The van der Waals surface area contributed by atoms with Crippen molar-refractivity contribution in [1.82, 2.24) is 9.78 Å². The number of hydrogen-bond donors (Lipinski definition) is 1. The highest BCUT2D eigenvalue weighted by Crippen LogP contribution is 2.28. The minimum atomic E-state index is -3.03. The van der Waals surface area contributed by atoms with Crippen LogP contribution in [0, 0.1) is 0 Å². The van der Waals surface area contributed by atoms with Gasteiger partial charge in [0.25, 0.3) is 5.91 Å². The van der Waals surface area contributed by atoms with Gasteiger partial charge in [0.05, 0.1) is 24.2 Å². The van der Waals surface area contributed by atoms with E-state index >= 15 is 0 Å². The molecule has 0 bridgehead atoms. The Morgan fingerprint density at radius 1 is 1.33 bits per heavy atom. The van der Waals surface area contributed by atoms with E-state index in [-0.39, 0.29) is 35.1 Å². The molecule has 1 aromatic heterocycles. The third kappa shape index (κ3) is 4.50. The zero-order valence-corrected chi connectivity index (χ0v) is 16.6. The van der Waals surface area contributed by atoms with E-state index in [4.69, 9.17) is 4.74 Å². The number of nitrogens with zero attached hydrogens (tertiary/aromatic N) is 2. The molecule has 0 radical (unpaired) electrons. The Kier molecular flexibility index (Phi) is 5.55. The summed E-state index contributed by atoms with van der Waals surface area (Å²) in [6.07, 6.45) is 0.531.